The number of anilines is 1. The van der Waals surface area contributed by atoms with E-state index in [0.717, 1.165) is 0 Å². The molecule has 2 aromatic rings. The van der Waals surface area contributed by atoms with Gasteiger partial charge in [-0.3, -0.25) is 9.67 Å². The number of rotatable bonds is 6. The molecule has 4 atom stereocenters. The van der Waals surface area contributed by atoms with Crippen molar-refractivity contribution >= 4 is 11.7 Å². The molecule has 0 aromatic carbocycles. The molecule has 1 aliphatic carbocycles. The molecule has 0 radical (unpaired) electrons. The number of amides is 2. The van der Waals surface area contributed by atoms with E-state index in [1.165, 1.54) is 6.20 Å². The van der Waals surface area contributed by atoms with Crippen molar-refractivity contribution in [3.8, 4) is 0 Å². The van der Waals surface area contributed by atoms with Crippen LogP contribution in [0.2, 0.25) is 0 Å². The highest BCUT2D eigenvalue weighted by atomic mass is 16.5. The first-order valence-electron chi connectivity index (χ1n) is 8.28. The molecule has 2 heterocycles. The number of aliphatic hydroxyl groups is 2. The van der Waals surface area contributed by atoms with Gasteiger partial charge in [-0.05, 0) is 18.6 Å². The van der Waals surface area contributed by atoms with Crippen molar-refractivity contribution in [2.75, 3.05) is 12.4 Å². The summed E-state index contributed by atoms with van der Waals surface area (Å²) in [5, 5.41) is 33.8. The first-order valence-corrected chi connectivity index (χ1v) is 8.28. The lowest BCUT2D eigenvalue weighted by molar-refractivity contribution is 0.00877. The van der Waals surface area contributed by atoms with Gasteiger partial charge < -0.3 is 25.6 Å². The van der Waals surface area contributed by atoms with E-state index in [1.807, 2.05) is 0 Å². The summed E-state index contributed by atoms with van der Waals surface area (Å²) < 4.78 is 6.60. The SMILES string of the molecule is COCc1cn(C[C@H]2C[C@@H](NC(=O)Nc3cccnc3)[C@H](O)[C@@H]2O)nn1. The van der Waals surface area contributed by atoms with E-state index >= 15 is 0 Å². The van der Waals surface area contributed by atoms with Crippen LogP contribution in [0.15, 0.2) is 30.7 Å². The third kappa shape index (κ3) is 4.34. The van der Waals surface area contributed by atoms with E-state index < -0.39 is 24.3 Å². The number of hydrogen-bond acceptors (Lipinski definition) is 7. The standard InChI is InChI=1S/C16H22N6O4/c1-26-9-12-8-22(21-20-12)7-10-5-13(15(24)14(10)23)19-16(25)18-11-3-2-4-17-6-11/h2-4,6,8,10,13-15,23-24H,5,7,9H2,1H3,(H2,18,19,25)/t10-,13-,14-,15+/m1/s1. The molecule has 4 N–H and O–H groups in total. The predicted octanol–water partition coefficient (Wildman–Crippen LogP) is -0.248. The van der Waals surface area contributed by atoms with E-state index in [4.69, 9.17) is 4.74 Å². The van der Waals surface area contributed by atoms with Crippen LogP contribution in [0.5, 0.6) is 0 Å². The molecule has 0 spiro atoms. The van der Waals surface area contributed by atoms with Gasteiger partial charge in [0.25, 0.3) is 0 Å². The smallest absolute Gasteiger partial charge is 0.319 e. The lowest BCUT2D eigenvalue weighted by Crippen LogP contribution is -2.44. The van der Waals surface area contributed by atoms with Gasteiger partial charge in [0, 0.05) is 25.8 Å². The fourth-order valence-corrected chi connectivity index (χ4v) is 3.10. The van der Waals surface area contributed by atoms with Gasteiger partial charge in [-0.1, -0.05) is 5.21 Å². The number of aromatic nitrogens is 4. The summed E-state index contributed by atoms with van der Waals surface area (Å²) in [5.74, 6) is -0.259. The Morgan fingerprint density at radius 3 is 3.00 bits per heavy atom. The molecule has 0 saturated heterocycles. The van der Waals surface area contributed by atoms with Gasteiger partial charge in [-0.15, -0.1) is 5.10 Å². The van der Waals surface area contributed by atoms with E-state index in [2.05, 4.69) is 25.9 Å². The van der Waals surface area contributed by atoms with Crippen molar-refractivity contribution in [3.05, 3.63) is 36.4 Å². The largest absolute Gasteiger partial charge is 0.390 e. The van der Waals surface area contributed by atoms with Crippen LogP contribution in [-0.4, -0.2) is 61.6 Å². The minimum absolute atomic E-state index is 0.259. The summed E-state index contributed by atoms with van der Waals surface area (Å²) >= 11 is 0. The lowest BCUT2D eigenvalue weighted by atomic mass is 10.1. The zero-order valence-electron chi connectivity index (χ0n) is 14.3. The maximum atomic E-state index is 12.1. The monoisotopic (exact) mass is 362 g/mol. The van der Waals surface area contributed by atoms with Crippen molar-refractivity contribution in [3.63, 3.8) is 0 Å². The van der Waals surface area contributed by atoms with E-state index in [0.29, 0.717) is 31.0 Å². The number of nitrogens with zero attached hydrogens (tertiary/aromatic N) is 4. The number of carbonyl (C=O) groups is 1. The van der Waals surface area contributed by atoms with E-state index in [1.54, 1.807) is 36.3 Å². The average molecular weight is 362 g/mol. The summed E-state index contributed by atoms with van der Waals surface area (Å²) in [6.45, 7) is 0.742. The molecular weight excluding hydrogens is 340 g/mol. The highest BCUT2D eigenvalue weighted by Crippen LogP contribution is 2.28. The fourth-order valence-electron chi connectivity index (χ4n) is 3.10. The van der Waals surface area contributed by atoms with Crippen LogP contribution in [0.3, 0.4) is 0 Å². The van der Waals surface area contributed by atoms with Gasteiger partial charge in [-0.25, -0.2) is 4.79 Å². The van der Waals surface area contributed by atoms with Crippen molar-refractivity contribution in [1.82, 2.24) is 25.3 Å². The summed E-state index contributed by atoms with van der Waals surface area (Å²) in [4.78, 5) is 16.0. The topological polar surface area (TPSA) is 134 Å². The van der Waals surface area contributed by atoms with Crippen LogP contribution in [0.1, 0.15) is 12.1 Å². The summed E-state index contributed by atoms with van der Waals surface area (Å²) in [7, 11) is 1.57. The van der Waals surface area contributed by atoms with Crippen molar-refractivity contribution in [2.45, 2.75) is 37.8 Å². The second kappa shape index (κ2) is 8.21. The highest BCUT2D eigenvalue weighted by molar-refractivity contribution is 5.89. The fraction of sp³-hybridized carbons (Fsp3) is 0.500. The average Bonchev–Trinajstić information content (AvgIpc) is 3.17. The molecule has 0 unspecified atom stereocenters. The van der Waals surface area contributed by atoms with Gasteiger partial charge in [0.1, 0.15) is 11.8 Å². The molecule has 3 rings (SSSR count). The molecule has 0 bridgehead atoms. The predicted molar refractivity (Wildman–Crippen MR) is 91.0 cm³/mol. The molecule has 2 aromatic heterocycles. The first kappa shape index (κ1) is 18.2. The molecule has 1 fully saturated rings. The number of methoxy groups -OCH3 is 1. The summed E-state index contributed by atoms with van der Waals surface area (Å²) in [5.41, 5.74) is 1.23. The number of pyridine rings is 1. The number of urea groups is 1. The second-order valence-corrected chi connectivity index (χ2v) is 6.29. The zero-order valence-corrected chi connectivity index (χ0v) is 14.3. The summed E-state index contributed by atoms with van der Waals surface area (Å²) in [6, 6.07) is 2.39. The van der Waals surface area contributed by atoms with Gasteiger partial charge in [-0.2, -0.15) is 0 Å². The Kier molecular flexibility index (Phi) is 5.76. The molecule has 140 valence electrons. The Morgan fingerprint density at radius 1 is 1.42 bits per heavy atom. The molecular formula is C16H22N6O4. The van der Waals surface area contributed by atoms with Crippen molar-refractivity contribution in [1.29, 1.82) is 0 Å². The normalized spacial score (nSPS) is 25.2. The van der Waals surface area contributed by atoms with E-state index in [-0.39, 0.29) is 5.92 Å². The molecule has 10 nitrogen and oxygen atoms in total. The van der Waals surface area contributed by atoms with Crippen LogP contribution < -0.4 is 10.6 Å². The maximum absolute atomic E-state index is 12.1. The van der Waals surface area contributed by atoms with Gasteiger partial charge in [0.15, 0.2) is 0 Å². The van der Waals surface area contributed by atoms with Gasteiger partial charge in [0.05, 0.1) is 36.8 Å². The Bertz CT molecular complexity index is 725. The molecule has 10 heteroatoms. The number of carbonyl (C=O) groups excluding carboxylic acids is 1. The maximum Gasteiger partial charge on any atom is 0.319 e. The molecule has 1 saturated carbocycles. The summed E-state index contributed by atoms with van der Waals surface area (Å²) in [6.07, 6.45) is 3.26. The van der Waals surface area contributed by atoms with Crippen molar-refractivity contribution < 1.29 is 19.7 Å². The highest BCUT2D eigenvalue weighted by Gasteiger charge is 2.42. The minimum atomic E-state index is -1.05. The zero-order chi connectivity index (χ0) is 18.5. The van der Waals surface area contributed by atoms with Crippen molar-refractivity contribution in [2.24, 2.45) is 5.92 Å². The van der Waals surface area contributed by atoms with Crippen LogP contribution in [0.4, 0.5) is 10.5 Å². The Balaban J connectivity index is 1.55. The van der Waals surface area contributed by atoms with Crippen LogP contribution >= 0.6 is 0 Å². The van der Waals surface area contributed by atoms with Crippen LogP contribution in [0.25, 0.3) is 0 Å². The number of nitrogens with one attached hydrogen (secondary N) is 2. The first-order chi connectivity index (χ1) is 12.6. The lowest BCUT2D eigenvalue weighted by Gasteiger charge is -2.18. The quantitative estimate of drug-likeness (QED) is 0.557. The van der Waals surface area contributed by atoms with Crippen LogP contribution in [0, 0.1) is 5.92 Å². The molecule has 0 aliphatic heterocycles. The molecule has 26 heavy (non-hydrogen) atoms. The van der Waals surface area contributed by atoms with Crippen LogP contribution in [-0.2, 0) is 17.9 Å². The van der Waals surface area contributed by atoms with Gasteiger partial charge in [0.2, 0.25) is 0 Å². The number of aliphatic hydroxyl groups excluding tert-OH is 2. The minimum Gasteiger partial charge on any atom is -0.390 e. The Hall–Kier alpha value is -2.56. The molecule has 1 aliphatic rings. The second-order valence-electron chi connectivity index (χ2n) is 6.29. The van der Waals surface area contributed by atoms with E-state index in [9.17, 15) is 15.0 Å². The molecule has 2 amide bonds. The van der Waals surface area contributed by atoms with Gasteiger partial charge >= 0.3 is 6.03 Å². The number of hydrogen-bond donors (Lipinski definition) is 4. The Morgan fingerprint density at radius 2 is 2.27 bits per heavy atom. The third-order valence-corrected chi connectivity index (χ3v) is 4.34. The third-order valence-electron chi connectivity index (χ3n) is 4.34. The Labute approximate surface area is 150 Å². The number of ether oxygens (including phenoxy) is 1.